The van der Waals surface area contributed by atoms with Gasteiger partial charge in [0.15, 0.2) is 5.78 Å². The molecule has 11 heavy (non-hydrogen) atoms. The van der Waals surface area contributed by atoms with Gasteiger partial charge in [-0.2, -0.15) is 0 Å². The van der Waals surface area contributed by atoms with Crippen LogP contribution in [0.15, 0.2) is 12.2 Å². The van der Waals surface area contributed by atoms with Gasteiger partial charge in [-0.15, -0.1) is 0 Å². The van der Waals surface area contributed by atoms with Crippen molar-refractivity contribution in [3.05, 3.63) is 12.2 Å². The number of hydrogen-bond acceptors (Lipinski definition) is 2. The zero-order valence-corrected chi connectivity index (χ0v) is 7.63. The van der Waals surface area contributed by atoms with E-state index >= 15 is 0 Å². The van der Waals surface area contributed by atoms with Gasteiger partial charge < -0.3 is 4.90 Å². The fourth-order valence-corrected chi connectivity index (χ4v) is 0.839. The molecule has 0 aromatic heterocycles. The zero-order valence-electron chi connectivity index (χ0n) is 7.63. The van der Waals surface area contributed by atoms with Crippen LogP contribution in [-0.2, 0) is 4.79 Å². The van der Waals surface area contributed by atoms with E-state index in [1.165, 1.54) is 0 Å². The molecule has 0 aliphatic carbocycles. The van der Waals surface area contributed by atoms with Crippen molar-refractivity contribution < 1.29 is 4.79 Å². The predicted molar refractivity (Wildman–Crippen MR) is 47.6 cm³/mol. The second-order valence-corrected chi connectivity index (χ2v) is 2.87. The molecule has 64 valence electrons. The van der Waals surface area contributed by atoms with Crippen molar-refractivity contribution >= 4 is 5.78 Å². The molecule has 0 amide bonds. The van der Waals surface area contributed by atoms with E-state index in [1.807, 2.05) is 21.0 Å². The molecule has 0 unspecified atom stereocenters. The van der Waals surface area contributed by atoms with E-state index in [4.69, 9.17) is 0 Å². The van der Waals surface area contributed by atoms with Crippen molar-refractivity contribution in [2.75, 3.05) is 20.6 Å². The average Bonchev–Trinajstić information content (AvgIpc) is 1.87. The van der Waals surface area contributed by atoms with Gasteiger partial charge in [0.1, 0.15) is 0 Å². The Morgan fingerprint density at radius 1 is 1.45 bits per heavy atom. The summed E-state index contributed by atoms with van der Waals surface area (Å²) in [5.41, 5.74) is 0. The van der Waals surface area contributed by atoms with E-state index in [0.29, 0.717) is 6.42 Å². The SMILES string of the molecule is CC=CC(=O)CCCN(C)C. The molecule has 2 heteroatoms. The van der Waals surface area contributed by atoms with E-state index in [9.17, 15) is 4.79 Å². The molecule has 0 heterocycles. The number of allylic oxidation sites excluding steroid dienone is 2. The van der Waals surface area contributed by atoms with E-state index < -0.39 is 0 Å². The highest BCUT2D eigenvalue weighted by Gasteiger charge is 1.96. The summed E-state index contributed by atoms with van der Waals surface area (Å²) in [6, 6.07) is 0. The van der Waals surface area contributed by atoms with Crippen LogP contribution in [0.25, 0.3) is 0 Å². The smallest absolute Gasteiger partial charge is 0.155 e. The maximum Gasteiger partial charge on any atom is 0.155 e. The lowest BCUT2D eigenvalue weighted by Crippen LogP contribution is -2.13. The summed E-state index contributed by atoms with van der Waals surface area (Å²) in [5.74, 6) is 0.231. The maximum atomic E-state index is 10.9. The lowest BCUT2D eigenvalue weighted by Gasteiger charge is -2.06. The van der Waals surface area contributed by atoms with Gasteiger partial charge in [-0.1, -0.05) is 6.08 Å². The highest BCUT2D eigenvalue weighted by Crippen LogP contribution is 1.93. The Labute approximate surface area is 68.9 Å². The highest BCUT2D eigenvalue weighted by molar-refractivity contribution is 5.89. The van der Waals surface area contributed by atoms with Gasteiger partial charge in [-0.05, 0) is 40.1 Å². The lowest BCUT2D eigenvalue weighted by atomic mass is 10.2. The van der Waals surface area contributed by atoms with Crippen molar-refractivity contribution in [1.82, 2.24) is 4.90 Å². The Hall–Kier alpha value is -0.630. The first-order valence-corrected chi connectivity index (χ1v) is 3.97. The third kappa shape index (κ3) is 7.26. The van der Waals surface area contributed by atoms with Crippen LogP contribution in [0.3, 0.4) is 0 Å². The molecule has 0 fully saturated rings. The summed E-state index contributed by atoms with van der Waals surface area (Å²) in [6.45, 7) is 2.85. The number of ketones is 1. The van der Waals surface area contributed by atoms with Crippen molar-refractivity contribution in [2.24, 2.45) is 0 Å². The Morgan fingerprint density at radius 3 is 2.55 bits per heavy atom. The molecule has 0 aliphatic heterocycles. The van der Waals surface area contributed by atoms with E-state index in [2.05, 4.69) is 4.90 Å². The quantitative estimate of drug-likeness (QED) is 0.560. The molecule has 0 atom stereocenters. The molecule has 0 bridgehead atoms. The largest absolute Gasteiger partial charge is 0.309 e. The summed E-state index contributed by atoms with van der Waals surface area (Å²) in [6.07, 6.45) is 5.05. The summed E-state index contributed by atoms with van der Waals surface area (Å²) in [7, 11) is 4.03. The van der Waals surface area contributed by atoms with Gasteiger partial charge in [-0.25, -0.2) is 0 Å². The van der Waals surface area contributed by atoms with E-state index in [1.54, 1.807) is 12.2 Å². The molecule has 0 aliphatic rings. The maximum absolute atomic E-state index is 10.9. The fraction of sp³-hybridized carbons (Fsp3) is 0.667. The van der Waals surface area contributed by atoms with Crippen molar-refractivity contribution in [2.45, 2.75) is 19.8 Å². The molecule has 0 saturated heterocycles. The van der Waals surface area contributed by atoms with E-state index in [0.717, 1.165) is 13.0 Å². The van der Waals surface area contributed by atoms with Gasteiger partial charge >= 0.3 is 0 Å². The third-order valence-corrected chi connectivity index (χ3v) is 1.38. The van der Waals surface area contributed by atoms with Gasteiger partial charge in [0.05, 0.1) is 0 Å². The predicted octanol–water partition coefficient (Wildman–Crippen LogP) is 1.47. The molecule has 0 radical (unpaired) electrons. The molecule has 2 nitrogen and oxygen atoms in total. The van der Waals surface area contributed by atoms with Crippen LogP contribution in [0.4, 0.5) is 0 Å². The van der Waals surface area contributed by atoms with Crippen LogP contribution >= 0.6 is 0 Å². The second-order valence-electron chi connectivity index (χ2n) is 2.87. The molecule has 0 rings (SSSR count). The summed E-state index contributed by atoms with van der Waals surface area (Å²) >= 11 is 0. The number of carbonyl (C=O) groups excluding carboxylic acids is 1. The van der Waals surface area contributed by atoms with Gasteiger partial charge in [-0.3, -0.25) is 4.79 Å². The van der Waals surface area contributed by atoms with Gasteiger partial charge in [0.2, 0.25) is 0 Å². The topological polar surface area (TPSA) is 20.3 Å². The summed E-state index contributed by atoms with van der Waals surface area (Å²) in [4.78, 5) is 13.0. The number of carbonyl (C=O) groups is 1. The Kier molecular flexibility index (Phi) is 5.75. The van der Waals surface area contributed by atoms with Crippen LogP contribution in [0.1, 0.15) is 19.8 Å². The summed E-state index contributed by atoms with van der Waals surface area (Å²) in [5, 5.41) is 0. The molecule has 0 spiro atoms. The number of nitrogens with zero attached hydrogens (tertiary/aromatic N) is 1. The van der Waals surface area contributed by atoms with Crippen LogP contribution in [-0.4, -0.2) is 31.3 Å². The van der Waals surface area contributed by atoms with Crippen molar-refractivity contribution in [3.63, 3.8) is 0 Å². The Balaban J connectivity index is 3.32. The monoisotopic (exact) mass is 155 g/mol. The normalized spacial score (nSPS) is 11.3. The Morgan fingerprint density at radius 2 is 2.09 bits per heavy atom. The van der Waals surface area contributed by atoms with Crippen LogP contribution < -0.4 is 0 Å². The average molecular weight is 155 g/mol. The standard InChI is InChI=1S/C9H17NO/c1-4-6-9(11)7-5-8-10(2)3/h4,6H,5,7-8H2,1-3H3. The molecule has 0 N–H and O–H groups in total. The molecule has 0 saturated carbocycles. The van der Waals surface area contributed by atoms with Gasteiger partial charge in [0.25, 0.3) is 0 Å². The van der Waals surface area contributed by atoms with Gasteiger partial charge in [0, 0.05) is 6.42 Å². The molecule has 0 aromatic carbocycles. The first-order valence-electron chi connectivity index (χ1n) is 3.97. The number of hydrogen-bond donors (Lipinski definition) is 0. The zero-order chi connectivity index (χ0) is 8.69. The molecular weight excluding hydrogens is 138 g/mol. The molecular formula is C9H17NO. The van der Waals surface area contributed by atoms with Crippen molar-refractivity contribution in [1.29, 1.82) is 0 Å². The Bertz CT molecular complexity index is 138. The first-order chi connectivity index (χ1) is 5.16. The first kappa shape index (κ1) is 10.4. The van der Waals surface area contributed by atoms with Crippen LogP contribution in [0.5, 0.6) is 0 Å². The second kappa shape index (κ2) is 6.10. The molecule has 0 aromatic rings. The fourth-order valence-electron chi connectivity index (χ4n) is 0.839. The minimum Gasteiger partial charge on any atom is -0.309 e. The third-order valence-electron chi connectivity index (χ3n) is 1.38. The number of rotatable bonds is 5. The highest BCUT2D eigenvalue weighted by atomic mass is 16.1. The van der Waals surface area contributed by atoms with Crippen molar-refractivity contribution in [3.8, 4) is 0 Å². The van der Waals surface area contributed by atoms with E-state index in [-0.39, 0.29) is 5.78 Å². The summed E-state index contributed by atoms with van der Waals surface area (Å²) < 4.78 is 0. The van der Waals surface area contributed by atoms with Crippen LogP contribution in [0.2, 0.25) is 0 Å². The minimum atomic E-state index is 0.231. The van der Waals surface area contributed by atoms with Crippen LogP contribution in [0, 0.1) is 0 Å². The lowest BCUT2D eigenvalue weighted by molar-refractivity contribution is -0.114. The minimum absolute atomic E-state index is 0.231.